The fourth-order valence-corrected chi connectivity index (χ4v) is 3.25. The first-order valence-corrected chi connectivity index (χ1v) is 10.7. The lowest BCUT2D eigenvalue weighted by atomic mass is 10.1. The monoisotopic (exact) mass is 426 g/mol. The maximum Gasteiger partial charge on any atom is 0.271 e. The lowest BCUT2D eigenvalue weighted by Gasteiger charge is -2.08. The van der Waals surface area contributed by atoms with Crippen molar-refractivity contribution in [2.75, 3.05) is 6.61 Å². The van der Waals surface area contributed by atoms with Gasteiger partial charge in [-0.05, 0) is 47.4 Å². The van der Waals surface area contributed by atoms with E-state index in [9.17, 15) is 4.79 Å². The zero-order valence-corrected chi connectivity index (χ0v) is 18.2. The Balaban J connectivity index is 1.40. The van der Waals surface area contributed by atoms with Gasteiger partial charge in [-0.2, -0.15) is 5.10 Å². The summed E-state index contributed by atoms with van der Waals surface area (Å²) in [5, 5.41) is 4.09. The summed E-state index contributed by atoms with van der Waals surface area (Å²) in [4.78, 5) is 20.5. The lowest BCUT2D eigenvalue weighted by molar-refractivity contribution is 0.0955. The van der Waals surface area contributed by atoms with Crippen molar-refractivity contribution < 1.29 is 9.53 Å². The minimum Gasteiger partial charge on any atom is -0.493 e. The fraction of sp³-hybridized carbons (Fsp3) is 0.192. The van der Waals surface area contributed by atoms with Gasteiger partial charge in [0.2, 0.25) is 0 Å². The van der Waals surface area contributed by atoms with E-state index in [1.165, 1.54) is 5.56 Å². The Morgan fingerprint density at radius 1 is 1.09 bits per heavy atom. The highest BCUT2D eigenvalue weighted by molar-refractivity contribution is 5.97. The molecule has 1 aromatic heterocycles. The van der Waals surface area contributed by atoms with Crippen molar-refractivity contribution in [3.05, 3.63) is 95.3 Å². The highest BCUT2D eigenvalue weighted by Gasteiger charge is 2.09. The van der Waals surface area contributed by atoms with Crippen molar-refractivity contribution in [2.45, 2.75) is 20.3 Å². The van der Waals surface area contributed by atoms with Crippen LogP contribution in [0.3, 0.4) is 0 Å². The van der Waals surface area contributed by atoms with E-state index in [1.54, 1.807) is 18.3 Å². The number of fused-ring (bicyclic) bond motifs is 1. The molecule has 1 amide bonds. The van der Waals surface area contributed by atoms with Crippen LogP contribution < -0.4 is 10.2 Å². The first-order chi connectivity index (χ1) is 15.6. The summed E-state index contributed by atoms with van der Waals surface area (Å²) in [7, 11) is 0. The number of imidazole rings is 1. The first kappa shape index (κ1) is 21.3. The van der Waals surface area contributed by atoms with Gasteiger partial charge in [-0.1, -0.05) is 56.3 Å². The van der Waals surface area contributed by atoms with Crippen LogP contribution in [0.4, 0.5) is 0 Å². The summed E-state index contributed by atoms with van der Waals surface area (Å²) in [5.41, 5.74) is 6.77. The smallest absolute Gasteiger partial charge is 0.271 e. The van der Waals surface area contributed by atoms with Gasteiger partial charge in [0.05, 0.1) is 23.9 Å². The molecule has 0 atom stereocenters. The third kappa shape index (κ3) is 5.60. The van der Waals surface area contributed by atoms with E-state index in [0.29, 0.717) is 24.5 Å². The average Bonchev–Trinajstić information content (AvgIpc) is 3.20. The van der Waals surface area contributed by atoms with Crippen LogP contribution in [0.2, 0.25) is 0 Å². The first-order valence-electron chi connectivity index (χ1n) is 10.7. The molecule has 0 aliphatic carbocycles. The number of hydrazone groups is 1. The van der Waals surface area contributed by atoms with E-state index in [2.05, 4.69) is 46.5 Å². The van der Waals surface area contributed by atoms with Crippen LogP contribution >= 0.6 is 0 Å². The number of hydrogen-bond donors (Lipinski definition) is 2. The highest BCUT2D eigenvalue weighted by atomic mass is 16.5. The summed E-state index contributed by atoms with van der Waals surface area (Å²) in [6, 6.07) is 23.1. The Kier molecular flexibility index (Phi) is 6.60. The minimum atomic E-state index is -0.283. The summed E-state index contributed by atoms with van der Waals surface area (Å²) < 4.78 is 5.73. The second kappa shape index (κ2) is 9.92. The fourth-order valence-electron chi connectivity index (χ4n) is 3.25. The van der Waals surface area contributed by atoms with Gasteiger partial charge < -0.3 is 9.72 Å². The van der Waals surface area contributed by atoms with Crippen molar-refractivity contribution in [1.82, 2.24) is 15.4 Å². The number of ether oxygens (including phenoxy) is 1. The van der Waals surface area contributed by atoms with Crippen LogP contribution in [-0.2, 0) is 6.42 Å². The lowest BCUT2D eigenvalue weighted by Crippen LogP contribution is -2.17. The van der Waals surface area contributed by atoms with E-state index in [-0.39, 0.29) is 5.91 Å². The van der Waals surface area contributed by atoms with Crippen LogP contribution in [0, 0.1) is 5.92 Å². The molecule has 0 radical (unpaired) electrons. The SMILES string of the molecule is CC(C)COc1cccc(/C=N\NC(=O)c2ccc3nc(Cc4ccccc4)[nH]c3c2)c1. The normalized spacial score (nSPS) is 11.3. The zero-order chi connectivity index (χ0) is 22.3. The number of H-pyrrole nitrogens is 1. The van der Waals surface area contributed by atoms with Gasteiger partial charge in [-0.15, -0.1) is 0 Å². The third-order valence-electron chi connectivity index (χ3n) is 4.83. The molecule has 6 nitrogen and oxygen atoms in total. The molecule has 4 rings (SSSR count). The number of amides is 1. The molecule has 3 aromatic carbocycles. The topological polar surface area (TPSA) is 79.4 Å². The van der Waals surface area contributed by atoms with Crippen LogP contribution in [0.25, 0.3) is 11.0 Å². The quantitative estimate of drug-likeness (QED) is 0.309. The number of rotatable bonds is 8. The molecular weight excluding hydrogens is 400 g/mol. The molecule has 0 aliphatic heterocycles. The Morgan fingerprint density at radius 3 is 2.75 bits per heavy atom. The molecule has 0 saturated heterocycles. The maximum atomic E-state index is 12.5. The van der Waals surface area contributed by atoms with Crippen LogP contribution in [-0.4, -0.2) is 28.7 Å². The number of hydrogen-bond acceptors (Lipinski definition) is 4. The molecule has 0 bridgehead atoms. The number of benzene rings is 3. The molecule has 2 N–H and O–H groups in total. The van der Waals surface area contributed by atoms with E-state index >= 15 is 0 Å². The van der Waals surface area contributed by atoms with Crippen LogP contribution in [0.5, 0.6) is 5.75 Å². The minimum absolute atomic E-state index is 0.283. The predicted octanol–water partition coefficient (Wildman–Crippen LogP) is 4.95. The van der Waals surface area contributed by atoms with Gasteiger partial charge in [-0.25, -0.2) is 10.4 Å². The van der Waals surface area contributed by atoms with E-state index in [1.807, 2.05) is 48.5 Å². The molecule has 0 saturated carbocycles. The van der Waals surface area contributed by atoms with Crippen molar-refractivity contribution in [3.63, 3.8) is 0 Å². The molecule has 32 heavy (non-hydrogen) atoms. The second-order valence-electron chi connectivity index (χ2n) is 8.05. The number of nitrogens with one attached hydrogen (secondary N) is 2. The predicted molar refractivity (Wildman–Crippen MR) is 127 cm³/mol. The summed E-state index contributed by atoms with van der Waals surface area (Å²) in [6.07, 6.45) is 2.31. The Labute approximate surface area is 187 Å². The molecule has 1 heterocycles. The molecule has 0 fully saturated rings. The van der Waals surface area contributed by atoms with E-state index in [4.69, 9.17) is 4.74 Å². The number of carbonyl (C=O) groups excluding carboxylic acids is 1. The second-order valence-corrected chi connectivity index (χ2v) is 8.05. The van der Waals surface area contributed by atoms with Crippen molar-refractivity contribution in [3.8, 4) is 5.75 Å². The maximum absolute atomic E-state index is 12.5. The molecular formula is C26H26N4O2. The molecule has 0 spiro atoms. The number of aromatic nitrogens is 2. The van der Waals surface area contributed by atoms with Gasteiger partial charge in [0.25, 0.3) is 5.91 Å². The van der Waals surface area contributed by atoms with Gasteiger partial charge in [0, 0.05) is 12.0 Å². The Bertz CT molecular complexity index is 1230. The number of carbonyl (C=O) groups is 1. The molecule has 6 heteroatoms. The Hall–Kier alpha value is -3.93. The third-order valence-corrected chi connectivity index (χ3v) is 4.83. The standard InChI is InChI=1S/C26H26N4O2/c1-18(2)17-32-22-10-6-9-20(13-22)16-27-30-26(31)21-11-12-23-24(15-21)29-25(28-23)14-19-7-4-3-5-8-19/h3-13,15-16,18H,14,17H2,1-2H3,(H,28,29)(H,30,31)/b27-16-. The van der Waals surface area contributed by atoms with Gasteiger partial charge >= 0.3 is 0 Å². The zero-order valence-electron chi connectivity index (χ0n) is 18.2. The Morgan fingerprint density at radius 2 is 1.94 bits per heavy atom. The average molecular weight is 427 g/mol. The summed E-state index contributed by atoms with van der Waals surface area (Å²) in [6.45, 7) is 4.86. The van der Waals surface area contributed by atoms with Gasteiger partial charge in [0.15, 0.2) is 0 Å². The van der Waals surface area contributed by atoms with Crippen molar-refractivity contribution >= 4 is 23.2 Å². The van der Waals surface area contributed by atoms with Crippen LogP contribution in [0.15, 0.2) is 77.9 Å². The molecule has 0 unspecified atom stereocenters. The van der Waals surface area contributed by atoms with Crippen LogP contribution in [0.1, 0.15) is 41.2 Å². The number of aromatic amines is 1. The molecule has 0 aliphatic rings. The van der Waals surface area contributed by atoms with Crippen molar-refractivity contribution in [2.24, 2.45) is 11.0 Å². The van der Waals surface area contributed by atoms with E-state index in [0.717, 1.165) is 28.2 Å². The summed E-state index contributed by atoms with van der Waals surface area (Å²) >= 11 is 0. The largest absolute Gasteiger partial charge is 0.493 e. The van der Waals surface area contributed by atoms with Gasteiger partial charge in [0.1, 0.15) is 11.6 Å². The molecule has 162 valence electrons. The summed E-state index contributed by atoms with van der Waals surface area (Å²) in [5.74, 6) is 1.81. The molecule has 4 aromatic rings. The van der Waals surface area contributed by atoms with Gasteiger partial charge in [-0.3, -0.25) is 4.79 Å². The van der Waals surface area contributed by atoms with Crippen molar-refractivity contribution in [1.29, 1.82) is 0 Å². The van der Waals surface area contributed by atoms with E-state index < -0.39 is 0 Å². The highest BCUT2D eigenvalue weighted by Crippen LogP contribution is 2.16. The number of nitrogens with zero attached hydrogens (tertiary/aromatic N) is 2.